The van der Waals surface area contributed by atoms with Gasteiger partial charge in [-0.2, -0.15) is 0 Å². The first-order valence-electron chi connectivity index (χ1n) is 5.22. The molecule has 0 spiro atoms. The molecule has 1 amide bonds. The molecule has 0 saturated carbocycles. The molecule has 18 heavy (non-hydrogen) atoms. The summed E-state index contributed by atoms with van der Waals surface area (Å²) in [6, 6.07) is 7.39. The number of nitrogens with one attached hydrogen (secondary N) is 1. The minimum Gasteiger partial charge on any atom is -0.497 e. The van der Waals surface area contributed by atoms with E-state index in [2.05, 4.69) is 9.97 Å². The number of rotatable bonds is 3. The van der Waals surface area contributed by atoms with Crippen LogP contribution in [0.3, 0.4) is 0 Å². The lowest BCUT2D eigenvalue weighted by Crippen LogP contribution is -2.30. The monoisotopic (exact) mass is 244 g/mol. The van der Waals surface area contributed by atoms with Crippen LogP contribution in [0, 0.1) is 0 Å². The highest BCUT2D eigenvalue weighted by Gasteiger charge is 2.06. The number of hydrazine groups is 1. The fourth-order valence-corrected chi connectivity index (χ4v) is 1.43. The number of methoxy groups -OCH3 is 1. The second-order valence-corrected chi connectivity index (χ2v) is 3.49. The molecule has 92 valence electrons. The summed E-state index contributed by atoms with van der Waals surface area (Å²) in [7, 11) is 1.61. The Kier molecular flexibility index (Phi) is 3.49. The lowest BCUT2D eigenvalue weighted by atomic mass is 10.1. The average Bonchev–Trinajstić information content (AvgIpc) is 2.47. The molecule has 1 aromatic carbocycles. The lowest BCUT2D eigenvalue weighted by Gasteiger charge is -2.03. The molecule has 2 rings (SSSR count). The molecule has 0 aliphatic carbocycles. The molecule has 6 nitrogen and oxygen atoms in total. The van der Waals surface area contributed by atoms with Crippen molar-refractivity contribution in [2.75, 3.05) is 7.11 Å². The molecular formula is C12H12N4O2. The minimum atomic E-state index is -0.469. The van der Waals surface area contributed by atoms with Crippen LogP contribution in [0.15, 0.2) is 36.7 Å². The van der Waals surface area contributed by atoms with Gasteiger partial charge in [-0.1, -0.05) is 0 Å². The highest BCUT2D eigenvalue weighted by atomic mass is 16.5. The zero-order valence-corrected chi connectivity index (χ0v) is 9.75. The molecule has 6 heteroatoms. The van der Waals surface area contributed by atoms with Crippen LogP contribution in [0.1, 0.15) is 10.5 Å². The largest absolute Gasteiger partial charge is 0.497 e. The molecule has 3 N–H and O–H groups in total. The first-order valence-corrected chi connectivity index (χ1v) is 5.22. The standard InChI is InChI=1S/C12H12N4O2/c1-18-9-4-2-8(3-5-9)10-6-15-11(7-14-10)12(17)16-13/h2-7H,13H2,1H3,(H,16,17). The third kappa shape index (κ3) is 2.44. The number of carbonyl (C=O) groups is 1. The maximum atomic E-state index is 11.2. The van der Waals surface area contributed by atoms with Crippen molar-refractivity contribution in [2.24, 2.45) is 5.84 Å². The number of benzene rings is 1. The van der Waals surface area contributed by atoms with Crippen LogP contribution in [0.5, 0.6) is 5.75 Å². The van der Waals surface area contributed by atoms with E-state index >= 15 is 0 Å². The summed E-state index contributed by atoms with van der Waals surface area (Å²) >= 11 is 0. The van der Waals surface area contributed by atoms with Crippen LogP contribution in [0.4, 0.5) is 0 Å². The Morgan fingerprint density at radius 3 is 2.44 bits per heavy atom. The van der Waals surface area contributed by atoms with Gasteiger partial charge in [-0.25, -0.2) is 10.8 Å². The Labute approximate surface area is 104 Å². The van der Waals surface area contributed by atoms with E-state index in [1.54, 1.807) is 7.11 Å². The van der Waals surface area contributed by atoms with Gasteiger partial charge in [0.25, 0.3) is 5.91 Å². The molecule has 0 atom stereocenters. The summed E-state index contributed by atoms with van der Waals surface area (Å²) in [5.74, 6) is 5.30. The molecule has 2 aromatic rings. The summed E-state index contributed by atoms with van der Waals surface area (Å²) < 4.78 is 5.07. The van der Waals surface area contributed by atoms with E-state index in [1.807, 2.05) is 29.7 Å². The number of amides is 1. The summed E-state index contributed by atoms with van der Waals surface area (Å²) in [4.78, 5) is 19.3. The van der Waals surface area contributed by atoms with Crippen molar-refractivity contribution in [3.8, 4) is 17.0 Å². The van der Waals surface area contributed by atoms with Gasteiger partial charge in [-0.05, 0) is 24.3 Å². The van der Waals surface area contributed by atoms with Crippen LogP contribution >= 0.6 is 0 Å². The van der Waals surface area contributed by atoms with Gasteiger partial charge in [0.2, 0.25) is 0 Å². The van der Waals surface area contributed by atoms with Gasteiger partial charge < -0.3 is 4.74 Å². The fraction of sp³-hybridized carbons (Fsp3) is 0.0833. The molecule has 1 heterocycles. The number of nitrogen functional groups attached to an aromatic ring is 1. The van der Waals surface area contributed by atoms with Gasteiger partial charge in [0.05, 0.1) is 25.2 Å². The highest BCUT2D eigenvalue weighted by molar-refractivity contribution is 5.91. The second kappa shape index (κ2) is 5.24. The number of nitrogens with zero attached hydrogens (tertiary/aromatic N) is 2. The zero-order chi connectivity index (χ0) is 13.0. The van der Waals surface area contributed by atoms with Crippen LogP contribution in [0.2, 0.25) is 0 Å². The topological polar surface area (TPSA) is 90.1 Å². The molecule has 0 saturated heterocycles. The second-order valence-electron chi connectivity index (χ2n) is 3.49. The highest BCUT2D eigenvalue weighted by Crippen LogP contribution is 2.19. The van der Waals surface area contributed by atoms with Crippen molar-refractivity contribution in [2.45, 2.75) is 0 Å². The van der Waals surface area contributed by atoms with Crippen LogP contribution in [-0.4, -0.2) is 23.0 Å². The Hall–Kier alpha value is -2.47. The van der Waals surface area contributed by atoms with E-state index in [1.165, 1.54) is 12.4 Å². The number of carbonyl (C=O) groups excluding carboxylic acids is 1. The predicted octanol–water partition coefficient (Wildman–Crippen LogP) is 0.756. The van der Waals surface area contributed by atoms with E-state index in [0.717, 1.165) is 11.3 Å². The van der Waals surface area contributed by atoms with Gasteiger partial charge in [0, 0.05) is 5.56 Å². The third-order valence-corrected chi connectivity index (χ3v) is 2.40. The van der Waals surface area contributed by atoms with Crippen molar-refractivity contribution < 1.29 is 9.53 Å². The van der Waals surface area contributed by atoms with Gasteiger partial charge in [-0.15, -0.1) is 0 Å². The summed E-state index contributed by atoms with van der Waals surface area (Å²) in [5, 5.41) is 0. The smallest absolute Gasteiger partial charge is 0.285 e. The van der Waals surface area contributed by atoms with Gasteiger partial charge in [0.1, 0.15) is 11.4 Å². The predicted molar refractivity (Wildman–Crippen MR) is 65.7 cm³/mol. The fourth-order valence-electron chi connectivity index (χ4n) is 1.43. The molecule has 0 fully saturated rings. The van der Waals surface area contributed by atoms with Gasteiger partial charge in [-0.3, -0.25) is 15.2 Å². The third-order valence-electron chi connectivity index (χ3n) is 2.40. The molecule has 0 radical (unpaired) electrons. The quantitative estimate of drug-likeness (QED) is 0.472. The maximum absolute atomic E-state index is 11.2. The number of ether oxygens (including phenoxy) is 1. The van der Waals surface area contributed by atoms with Gasteiger partial charge >= 0.3 is 0 Å². The number of nitrogens with two attached hydrogens (primary N) is 1. The molecule has 0 bridgehead atoms. The first kappa shape index (κ1) is 12.0. The first-order chi connectivity index (χ1) is 8.74. The van der Waals surface area contributed by atoms with Crippen LogP contribution in [-0.2, 0) is 0 Å². The molecule has 1 aromatic heterocycles. The molecular weight excluding hydrogens is 232 g/mol. The summed E-state index contributed by atoms with van der Waals surface area (Å²) in [6.07, 6.45) is 2.90. The van der Waals surface area contributed by atoms with Crippen molar-refractivity contribution >= 4 is 5.91 Å². The Morgan fingerprint density at radius 2 is 1.94 bits per heavy atom. The van der Waals surface area contributed by atoms with E-state index in [9.17, 15) is 4.79 Å². The number of hydrogen-bond donors (Lipinski definition) is 2. The summed E-state index contributed by atoms with van der Waals surface area (Å²) in [6.45, 7) is 0. The van der Waals surface area contributed by atoms with Gasteiger partial charge in [0.15, 0.2) is 0 Å². The Morgan fingerprint density at radius 1 is 1.22 bits per heavy atom. The number of hydrogen-bond acceptors (Lipinski definition) is 5. The van der Waals surface area contributed by atoms with Crippen LogP contribution in [0.25, 0.3) is 11.3 Å². The molecule has 0 unspecified atom stereocenters. The van der Waals surface area contributed by atoms with E-state index < -0.39 is 5.91 Å². The van der Waals surface area contributed by atoms with Crippen molar-refractivity contribution in [1.82, 2.24) is 15.4 Å². The number of aromatic nitrogens is 2. The van der Waals surface area contributed by atoms with Crippen LogP contribution < -0.4 is 16.0 Å². The normalized spacial score (nSPS) is 9.89. The van der Waals surface area contributed by atoms with Crippen molar-refractivity contribution in [3.05, 3.63) is 42.4 Å². The SMILES string of the molecule is COc1ccc(-c2cnc(C(=O)NN)cn2)cc1. The Balaban J connectivity index is 2.25. The Bertz CT molecular complexity index is 537. The minimum absolute atomic E-state index is 0.176. The van der Waals surface area contributed by atoms with Crippen molar-refractivity contribution in [1.29, 1.82) is 0 Å². The van der Waals surface area contributed by atoms with E-state index in [0.29, 0.717) is 5.69 Å². The van der Waals surface area contributed by atoms with E-state index in [-0.39, 0.29) is 5.69 Å². The van der Waals surface area contributed by atoms with Crippen molar-refractivity contribution in [3.63, 3.8) is 0 Å². The van der Waals surface area contributed by atoms with E-state index in [4.69, 9.17) is 10.6 Å². The maximum Gasteiger partial charge on any atom is 0.285 e. The zero-order valence-electron chi connectivity index (χ0n) is 9.75. The summed E-state index contributed by atoms with van der Waals surface area (Å²) in [5.41, 5.74) is 3.74. The lowest BCUT2D eigenvalue weighted by molar-refractivity contribution is 0.0948. The average molecular weight is 244 g/mol. The molecule has 0 aliphatic heterocycles. The molecule has 0 aliphatic rings.